The Kier molecular flexibility index (Phi) is 6.55. The maximum atomic E-state index is 13.5. The molecule has 2 atom stereocenters. The Morgan fingerprint density at radius 2 is 2.19 bits per heavy atom. The Hall–Kier alpha value is -2.43. The van der Waals surface area contributed by atoms with Crippen LogP contribution in [0.2, 0.25) is 0 Å². The fraction of sp³-hybridized carbons (Fsp3) is 0.455. The van der Waals surface area contributed by atoms with Gasteiger partial charge in [-0.2, -0.15) is 4.31 Å². The number of nitrogens with one attached hydrogen (secondary N) is 2. The molecule has 2 aromatic rings. The Balaban J connectivity index is 1.51. The molecule has 1 saturated heterocycles. The number of fused-ring (bicyclic) bond motifs is 1. The molecule has 32 heavy (non-hydrogen) atoms. The van der Waals surface area contributed by atoms with Crippen molar-refractivity contribution in [3.63, 3.8) is 0 Å². The fourth-order valence-corrected chi connectivity index (χ4v) is 6.47. The SMILES string of the molecule is CC[C@@H]1Oc2cc(S(=O)(=O)N3CCC[C@H](C(=O)NCc4cccs4)C3)c(C)cc2NC1=O. The predicted octanol–water partition coefficient (Wildman–Crippen LogP) is 2.88. The van der Waals surface area contributed by atoms with Gasteiger partial charge in [0, 0.05) is 24.0 Å². The molecule has 2 amide bonds. The molecule has 10 heteroatoms. The van der Waals surface area contributed by atoms with Crippen molar-refractivity contribution in [2.75, 3.05) is 18.4 Å². The van der Waals surface area contributed by atoms with Crippen molar-refractivity contribution in [3.8, 4) is 5.75 Å². The van der Waals surface area contributed by atoms with E-state index in [-0.39, 0.29) is 23.3 Å². The number of thiophene rings is 1. The van der Waals surface area contributed by atoms with Crippen LogP contribution in [0.25, 0.3) is 0 Å². The van der Waals surface area contributed by atoms with E-state index in [1.165, 1.54) is 10.4 Å². The van der Waals surface area contributed by atoms with Gasteiger partial charge in [-0.15, -0.1) is 11.3 Å². The lowest BCUT2D eigenvalue weighted by molar-refractivity contribution is -0.126. The molecule has 2 aliphatic rings. The summed E-state index contributed by atoms with van der Waals surface area (Å²) in [4.78, 5) is 25.9. The minimum absolute atomic E-state index is 0.128. The van der Waals surface area contributed by atoms with E-state index in [0.29, 0.717) is 49.4 Å². The predicted molar refractivity (Wildman–Crippen MR) is 122 cm³/mol. The number of hydrogen-bond donors (Lipinski definition) is 2. The second kappa shape index (κ2) is 9.21. The highest BCUT2D eigenvalue weighted by molar-refractivity contribution is 7.89. The average Bonchev–Trinajstić information content (AvgIpc) is 3.30. The first kappa shape index (κ1) is 22.8. The second-order valence-corrected chi connectivity index (χ2v) is 11.1. The third-order valence-corrected chi connectivity index (χ3v) is 8.74. The number of sulfonamides is 1. The number of hydrogen-bond acceptors (Lipinski definition) is 6. The first-order valence-corrected chi connectivity index (χ1v) is 13.0. The standard InChI is InChI=1S/C22H27N3O5S2/c1-3-18-22(27)24-17-10-14(2)20(11-19(17)30-18)32(28,29)25-8-4-6-15(13-25)21(26)23-12-16-7-5-9-31-16/h5,7,9-11,15,18H,3-4,6,8,12-13H2,1-2H3,(H,23,26)(H,24,27)/t15-,18-/m0/s1. The summed E-state index contributed by atoms with van der Waals surface area (Å²) >= 11 is 1.57. The van der Waals surface area contributed by atoms with E-state index in [2.05, 4.69) is 10.6 Å². The van der Waals surface area contributed by atoms with Crippen molar-refractivity contribution >= 4 is 38.9 Å². The lowest BCUT2D eigenvalue weighted by Crippen LogP contribution is -2.45. The summed E-state index contributed by atoms with van der Waals surface area (Å²) in [5, 5.41) is 7.66. The van der Waals surface area contributed by atoms with Crippen molar-refractivity contribution in [1.82, 2.24) is 9.62 Å². The number of amides is 2. The first-order valence-electron chi connectivity index (χ1n) is 10.7. The lowest BCUT2D eigenvalue weighted by atomic mass is 9.99. The van der Waals surface area contributed by atoms with E-state index in [1.807, 2.05) is 24.4 Å². The molecule has 0 spiro atoms. The van der Waals surface area contributed by atoms with Crippen LogP contribution in [0.3, 0.4) is 0 Å². The van der Waals surface area contributed by atoms with Crippen molar-refractivity contribution in [3.05, 3.63) is 40.1 Å². The van der Waals surface area contributed by atoms with Gasteiger partial charge in [-0.25, -0.2) is 8.42 Å². The Morgan fingerprint density at radius 3 is 2.91 bits per heavy atom. The van der Waals surface area contributed by atoms with E-state index in [9.17, 15) is 18.0 Å². The number of carbonyl (C=O) groups excluding carboxylic acids is 2. The van der Waals surface area contributed by atoms with Gasteiger partial charge >= 0.3 is 0 Å². The number of rotatable bonds is 6. The second-order valence-electron chi connectivity index (χ2n) is 8.12. The topological polar surface area (TPSA) is 105 Å². The Labute approximate surface area is 192 Å². The smallest absolute Gasteiger partial charge is 0.265 e. The van der Waals surface area contributed by atoms with Crippen LogP contribution in [-0.2, 0) is 26.2 Å². The molecule has 0 bridgehead atoms. The van der Waals surface area contributed by atoms with E-state index in [4.69, 9.17) is 4.74 Å². The molecular formula is C22H27N3O5S2. The van der Waals surface area contributed by atoms with Crippen molar-refractivity contribution in [2.45, 2.75) is 50.7 Å². The molecule has 172 valence electrons. The third-order valence-electron chi connectivity index (χ3n) is 5.86. The summed E-state index contributed by atoms with van der Waals surface area (Å²) < 4.78 is 34.1. The molecule has 4 rings (SSSR count). The summed E-state index contributed by atoms with van der Waals surface area (Å²) in [7, 11) is -3.83. The molecule has 0 radical (unpaired) electrons. The number of piperidine rings is 1. The zero-order valence-corrected chi connectivity index (χ0v) is 19.7. The van der Waals surface area contributed by atoms with Crippen LogP contribution in [0, 0.1) is 12.8 Å². The summed E-state index contributed by atoms with van der Waals surface area (Å²) in [6.07, 6.45) is 1.10. The normalized spacial score (nSPS) is 21.4. The number of ether oxygens (including phenoxy) is 1. The average molecular weight is 478 g/mol. The molecule has 1 aromatic heterocycles. The van der Waals surface area contributed by atoms with Gasteiger partial charge in [0.15, 0.2) is 6.10 Å². The summed E-state index contributed by atoms with van der Waals surface area (Å²) in [5.74, 6) is -0.404. The van der Waals surface area contributed by atoms with Gasteiger partial charge in [-0.05, 0) is 49.3 Å². The van der Waals surface area contributed by atoms with Crippen LogP contribution in [0.5, 0.6) is 5.75 Å². The van der Waals surface area contributed by atoms with E-state index in [0.717, 1.165) is 4.88 Å². The summed E-state index contributed by atoms with van der Waals surface area (Å²) in [6, 6.07) is 7.00. The highest BCUT2D eigenvalue weighted by atomic mass is 32.2. The van der Waals surface area contributed by atoms with Gasteiger partial charge in [0.25, 0.3) is 5.91 Å². The monoisotopic (exact) mass is 477 g/mol. The number of benzene rings is 1. The van der Waals surface area contributed by atoms with Crippen LogP contribution in [-0.4, -0.2) is 43.7 Å². The zero-order chi connectivity index (χ0) is 22.9. The van der Waals surface area contributed by atoms with Crippen molar-refractivity contribution < 1.29 is 22.7 Å². The van der Waals surface area contributed by atoms with Gasteiger partial charge in [-0.3, -0.25) is 9.59 Å². The molecule has 2 N–H and O–H groups in total. The van der Waals surface area contributed by atoms with Gasteiger partial charge < -0.3 is 15.4 Å². The number of nitrogens with zero attached hydrogens (tertiary/aromatic N) is 1. The quantitative estimate of drug-likeness (QED) is 0.666. The highest BCUT2D eigenvalue weighted by Crippen LogP contribution is 2.36. The third kappa shape index (κ3) is 4.53. The molecule has 3 heterocycles. The Morgan fingerprint density at radius 1 is 1.38 bits per heavy atom. The maximum absolute atomic E-state index is 13.5. The van der Waals surface area contributed by atoms with Gasteiger partial charge in [0.1, 0.15) is 5.75 Å². The minimum Gasteiger partial charge on any atom is -0.478 e. The van der Waals surface area contributed by atoms with Crippen molar-refractivity contribution in [1.29, 1.82) is 0 Å². The number of carbonyl (C=O) groups is 2. The fourth-order valence-electron chi connectivity index (χ4n) is 4.08. The Bertz CT molecular complexity index is 1110. The van der Waals surface area contributed by atoms with E-state index in [1.54, 1.807) is 24.3 Å². The van der Waals surface area contributed by atoms with Crippen LogP contribution < -0.4 is 15.4 Å². The summed E-state index contributed by atoms with van der Waals surface area (Å²) in [6.45, 7) is 4.48. The molecule has 1 fully saturated rings. The minimum atomic E-state index is -3.83. The molecule has 8 nitrogen and oxygen atoms in total. The highest BCUT2D eigenvalue weighted by Gasteiger charge is 2.35. The molecule has 0 saturated carbocycles. The molecule has 0 unspecified atom stereocenters. The molecule has 1 aromatic carbocycles. The van der Waals surface area contributed by atoms with Crippen LogP contribution in [0.4, 0.5) is 5.69 Å². The van der Waals surface area contributed by atoms with E-state index < -0.39 is 22.0 Å². The van der Waals surface area contributed by atoms with Crippen molar-refractivity contribution in [2.24, 2.45) is 5.92 Å². The van der Waals surface area contributed by atoms with E-state index >= 15 is 0 Å². The van der Waals surface area contributed by atoms with Crippen LogP contribution >= 0.6 is 11.3 Å². The summed E-state index contributed by atoms with van der Waals surface area (Å²) in [5.41, 5.74) is 0.993. The number of anilines is 1. The molecule has 0 aliphatic carbocycles. The van der Waals surface area contributed by atoms with Crippen LogP contribution in [0.15, 0.2) is 34.5 Å². The molecular weight excluding hydrogens is 450 g/mol. The molecule has 2 aliphatic heterocycles. The lowest BCUT2D eigenvalue weighted by Gasteiger charge is -2.32. The van der Waals surface area contributed by atoms with Gasteiger partial charge in [0.2, 0.25) is 15.9 Å². The van der Waals surface area contributed by atoms with Gasteiger partial charge in [0.05, 0.1) is 23.0 Å². The largest absolute Gasteiger partial charge is 0.478 e. The zero-order valence-electron chi connectivity index (χ0n) is 18.1. The first-order chi connectivity index (χ1) is 15.3. The van der Waals surface area contributed by atoms with Crippen LogP contribution in [0.1, 0.15) is 36.6 Å². The van der Waals surface area contributed by atoms with Gasteiger partial charge in [-0.1, -0.05) is 13.0 Å². The number of aryl methyl sites for hydroxylation is 1. The maximum Gasteiger partial charge on any atom is 0.265 e.